The molecule has 0 N–H and O–H groups in total. The quantitative estimate of drug-likeness (QED) is 0.767. The normalized spacial score (nSPS) is 29.3. The Balaban J connectivity index is 1.87. The standard InChI is InChI=1S/C17H25NO2Si/c1-21(2,3)20-17-12-8-7-11-15(17)13-16(18-19-17)14-9-5-4-6-10-14/h4-6,9-10,15H,7-8,11-13H2,1-3H3. The lowest BCUT2D eigenvalue weighted by Crippen LogP contribution is -2.53. The third-order valence-corrected chi connectivity index (χ3v) is 5.24. The Morgan fingerprint density at radius 3 is 2.67 bits per heavy atom. The smallest absolute Gasteiger partial charge is 0.231 e. The minimum absolute atomic E-state index is 0.436. The van der Waals surface area contributed by atoms with Gasteiger partial charge in [-0.2, -0.15) is 0 Å². The highest BCUT2D eigenvalue weighted by Gasteiger charge is 2.49. The van der Waals surface area contributed by atoms with Crippen molar-refractivity contribution in [2.45, 2.75) is 57.5 Å². The van der Waals surface area contributed by atoms with Gasteiger partial charge in [0.2, 0.25) is 5.79 Å². The fourth-order valence-corrected chi connectivity index (χ4v) is 4.78. The first-order chi connectivity index (χ1) is 9.99. The fourth-order valence-electron chi connectivity index (χ4n) is 3.44. The number of nitrogens with zero attached hydrogens (tertiary/aromatic N) is 1. The van der Waals surface area contributed by atoms with E-state index in [0.29, 0.717) is 5.92 Å². The first-order valence-corrected chi connectivity index (χ1v) is 11.4. The van der Waals surface area contributed by atoms with E-state index < -0.39 is 14.1 Å². The summed E-state index contributed by atoms with van der Waals surface area (Å²) in [5.41, 5.74) is 2.24. The van der Waals surface area contributed by atoms with Crippen LogP contribution in [0.2, 0.25) is 19.6 Å². The van der Waals surface area contributed by atoms with Gasteiger partial charge in [-0.05, 0) is 38.0 Å². The van der Waals surface area contributed by atoms with E-state index in [2.05, 4.69) is 49.1 Å². The molecule has 2 unspecified atom stereocenters. The van der Waals surface area contributed by atoms with Crippen molar-refractivity contribution in [2.75, 3.05) is 0 Å². The van der Waals surface area contributed by atoms with Crippen LogP contribution in [0.5, 0.6) is 0 Å². The maximum Gasteiger partial charge on any atom is 0.231 e. The second-order valence-corrected chi connectivity index (χ2v) is 11.6. The van der Waals surface area contributed by atoms with Gasteiger partial charge in [-0.1, -0.05) is 41.9 Å². The van der Waals surface area contributed by atoms with Crippen molar-refractivity contribution in [1.29, 1.82) is 0 Å². The molecule has 3 rings (SSSR count). The van der Waals surface area contributed by atoms with Gasteiger partial charge >= 0.3 is 0 Å². The van der Waals surface area contributed by atoms with Crippen LogP contribution in [0.15, 0.2) is 35.5 Å². The van der Waals surface area contributed by atoms with Crippen LogP contribution in [0.3, 0.4) is 0 Å². The number of hydrogen-bond acceptors (Lipinski definition) is 3. The topological polar surface area (TPSA) is 30.8 Å². The van der Waals surface area contributed by atoms with E-state index in [0.717, 1.165) is 18.6 Å². The molecule has 0 bridgehead atoms. The summed E-state index contributed by atoms with van der Waals surface area (Å²) in [5, 5.41) is 4.45. The molecule has 0 aromatic heterocycles. The molecule has 0 radical (unpaired) electrons. The molecule has 2 aliphatic rings. The Hall–Kier alpha value is -1.13. The van der Waals surface area contributed by atoms with Gasteiger partial charge in [-0.3, -0.25) is 0 Å². The summed E-state index contributed by atoms with van der Waals surface area (Å²) in [6.45, 7) is 6.69. The van der Waals surface area contributed by atoms with Crippen molar-refractivity contribution in [3.05, 3.63) is 35.9 Å². The van der Waals surface area contributed by atoms with E-state index in [-0.39, 0.29) is 0 Å². The first kappa shape index (κ1) is 14.8. The Bertz CT molecular complexity index is 523. The Morgan fingerprint density at radius 1 is 1.19 bits per heavy atom. The van der Waals surface area contributed by atoms with Gasteiger partial charge in [-0.25, -0.2) is 0 Å². The summed E-state index contributed by atoms with van der Waals surface area (Å²) in [5.74, 6) is -0.0215. The minimum atomic E-state index is -1.66. The lowest BCUT2D eigenvalue weighted by Gasteiger charge is -2.47. The van der Waals surface area contributed by atoms with Gasteiger partial charge in [0.15, 0.2) is 8.32 Å². The highest BCUT2D eigenvalue weighted by atomic mass is 28.4. The van der Waals surface area contributed by atoms with Crippen LogP contribution in [0.25, 0.3) is 0 Å². The Labute approximate surface area is 128 Å². The highest BCUT2D eigenvalue weighted by molar-refractivity contribution is 6.69. The molecular weight excluding hydrogens is 278 g/mol. The second-order valence-electron chi connectivity index (χ2n) is 7.17. The van der Waals surface area contributed by atoms with Gasteiger partial charge < -0.3 is 9.26 Å². The molecule has 4 heteroatoms. The molecule has 0 spiro atoms. The van der Waals surface area contributed by atoms with E-state index in [1.165, 1.54) is 24.8 Å². The number of benzene rings is 1. The number of rotatable bonds is 3. The van der Waals surface area contributed by atoms with Crippen LogP contribution in [-0.2, 0) is 9.26 Å². The van der Waals surface area contributed by atoms with Gasteiger partial charge in [0, 0.05) is 18.8 Å². The predicted molar refractivity (Wildman–Crippen MR) is 87.8 cm³/mol. The van der Waals surface area contributed by atoms with Crippen molar-refractivity contribution in [1.82, 2.24) is 0 Å². The maximum absolute atomic E-state index is 6.46. The van der Waals surface area contributed by atoms with Crippen LogP contribution in [0, 0.1) is 5.92 Å². The number of fused-ring (bicyclic) bond motifs is 1. The molecule has 21 heavy (non-hydrogen) atoms. The SMILES string of the molecule is C[Si](C)(C)OC12CCCCC1CC(c1ccccc1)=NO2. The van der Waals surface area contributed by atoms with E-state index in [4.69, 9.17) is 9.26 Å². The molecule has 1 aromatic rings. The zero-order valence-electron chi connectivity index (χ0n) is 13.3. The number of oxime groups is 1. The molecule has 1 fully saturated rings. The van der Waals surface area contributed by atoms with Crippen molar-refractivity contribution in [3.8, 4) is 0 Å². The van der Waals surface area contributed by atoms with Gasteiger partial charge in [0.1, 0.15) is 0 Å². The Morgan fingerprint density at radius 2 is 1.95 bits per heavy atom. The highest BCUT2D eigenvalue weighted by Crippen LogP contribution is 2.44. The monoisotopic (exact) mass is 303 g/mol. The van der Waals surface area contributed by atoms with Crippen LogP contribution in [-0.4, -0.2) is 19.8 Å². The number of hydrogen-bond donors (Lipinski definition) is 0. The average Bonchev–Trinajstić information content (AvgIpc) is 2.45. The van der Waals surface area contributed by atoms with Crippen molar-refractivity contribution in [3.63, 3.8) is 0 Å². The summed E-state index contributed by atoms with van der Waals surface area (Å²) in [6, 6.07) is 10.4. The van der Waals surface area contributed by atoms with Crippen molar-refractivity contribution in [2.24, 2.45) is 11.1 Å². The molecular formula is C17H25NO2Si. The van der Waals surface area contributed by atoms with E-state index in [1.54, 1.807) is 0 Å². The van der Waals surface area contributed by atoms with Gasteiger partial charge in [0.05, 0.1) is 5.71 Å². The lowest BCUT2D eigenvalue weighted by atomic mass is 9.79. The van der Waals surface area contributed by atoms with Crippen LogP contribution in [0.1, 0.15) is 37.7 Å². The molecule has 1 aliphatic heterocycles. The van der Waals surface area contributed by atoms with Crippen molar-refractivity contribution < 1.29 is 9.26 Å². The summed E-state index contributed by atoms with van der Waals surface area (Å²) in [7, 11) is -1.66. The van der Waals surface area contributed by atoms with Gasteiger partial charge in [-0.15, -0.1) is 0 Å². The van der Waals surface area contributed by atoms with Crippen molar-refractivity contribution >= 4 is 14.0 Å². The molecule has 114 valence electrons. The van der Waals surface area contributed by atoms with E-state index in [9.17, 15) is 0 Å². The average molecular weight is 303 g/mol. The van der Waals surface area contributed by atoms with Crippen LogP contribution < -0.4 is 0 Å². The third kappa shape index (κ3) is 3.21. The molecule has 1 aliphatic carbocycles. The molecule has 1 saturated carbocycles. The third-order valence-electron chi connectivity index (χ3n) is 4.29. The van der Waals surface area contributed by atoms with E-state index >= 15 is 0 Å². The summed E-state index contributed by atoms with van der Waals surface area (Å²) in [6.07, 6.45) is 5.57. The second kappa shape index (κ2) is 5.58. The summed E-state index contributed by atoms with van der Waals surface area (Å²) < 4.78 is 6.46. The zero-order chi connectivity index (χ0) is 14.9. The molecule has 0 saturated heterocycles. The molecule has 1 heterocycles. The minimum Gasteiger partial charge on any atom is -0.380 e. The molecule has 0 amide bonds. The first-order valence-electron chi connectivity index (χ1n) is 7.99. The predicted octanol–water partition coefficient (Wildman–Crippen LogP) is 4.55. The van der Waals surface area contributed by atoms with Gasteiger partial charge in [0.25, 0.3) is 0 Å². The Kier molecular flexibility index (Phi) is 3.93. The van der Waals surface area contributed by atoms with Crippen LogP contribution >= 0.6 is 0 Å². The molecule has 2 atom stereocenters. The lowest BCUT2D eigenvalue weighted by molar-refractivity contribution is -0.244. The van der Waals surface area contributed by atoms with Crippen LogP contribution in [0.4, 0.5) is 0 Å². The molecule has 1 aromatic carbocycles. The zero-order valence-corrected chi connectivity index (χ0v) is 14.3. The summed E-state index contributed by atoms with van der Waals surface area (Å²) >= 11 is 0. The fraction of sp³-hybridized carbons (Fsp3) is 0.588. The largest absolute Gasteiger partial charge is 0.380 e. The summed E-state index contributed by atoms with van der Waals surface area (Å²) in [4.78, 5) is 6.01. The van der Waals surface area contributed by atoms with E-state index in [1.807, 2.05) is 6.07 Å². The maximum atomic E-state index is 6.46. The molecule has 3 nitrogen and oxygen atoms in total.